The molecule has 0 radical (unpaired) electrons. The number of benzene rings is 2. The number of nitrogens with zero attached hydrogens (tertiary/aromatic N) is 6. The number of hydrogen-bond acceptors (Lipinski definition) is 10. The van der Waals surface area contributed by atoms with Crippen molar-refractivity contribution in [3.63, 3.8) is 0 Å². The highest BCUT2D eigenvalue weighted by Crippen LogP contribution is 2.35. The summed E-state index contributed by atoms with van der Waals surface area (Å²) < 4.78 is 69.3. The number of alkyl halides is 2. The van der Waals surface area contributed by atoms with E-state index in [0.717, 1.165) is 12.1 Å². The lowest BCUT2D eigenvalue weighted by molar-refractivity contribution is -0.0529. The fraction of sp³-hybridized carbons (Fsp3) is 0.312. The van der Waals surface area contributed by atoms with Crippen molar-refractivity contribution in [3.05, 3.63) is 84.6 Å². The molecule has 0 spiro atoms. The molecular formula is C32H32F4N8O3. The van der Waals surface area contributed by atoms with Gasteiger partial charge >= 0.3 is 0 Å². The molecule has 1 fully saturated rings. The molecule has 1 aliphatic heterocycles. The number of pyridine rings is 1. The zero-order chi connectivity index (χ0) is 33.1. The Kier molecular flexibility index (Phi) is 9.09. The van der Waals surface area contributed by atoms with E-state index in [4.69, 9.17) is 15.2 Å². The fourth-order valence-corrected chi connectivity index (χ4v) is 5.75. The second-order valence-corrected chi connectivity index (χ2v) is 11.2. The number of aromatic nitrogens is 5. The lowest BCUT2D eigenvalue weighted by Gasteiger charge is -2.44. The van der Waals surface area contributed by atoms with E-state index < -0.39 is 29.7 Å². The van der Waals surface area contributed by atoms with E-state index in [9.17, 15) is 18.3 Å². The average Bonchev–Trinajstić information content (AvgIpc) is 3.49. The van der Waals surface area contributed by atoms with Crippen LogP contribution >= 0.6 is 0 Å². The maximum Gasteiger partial charge on any atom is 0.265 e. The summed E-state index contributed by atoms with van der Waals surface area (Å²) in [6.45, 7) is 0.603. The molecule has 3 aromatic heterocycles. The largest absolute Gasteiger partial charge is 0.494 e. The molecule has 0 amide bonds. The summed E-state index contributed by atoms with van der Waals surface area (Å²) in [4.78, 5) is 19.4. The Bertz CT molecular complexity index is 1860. The standard InChI is InChI=1S/C32H32F4N8O3/c1-46-26-12-22(33)21(11-23(26)34)24-10-19(25(13-38-24)43-9-5-8-32(37,15-43)28(45)29(35)36)14-44-17-41-27-30(39-16-40-31(27)44)42-18-47-20-6-3-2-4-7-20/h2-4,6-7,10-13,16-17,28-29,45H,5,8-9,14-15,18,37H2,1H3,(H,39,40,42)/t28-,32-/m1/s1. The zero-order valence-electron chi connectivity index (χ0n) is 25.3. The molecular weight excluding hydrogens is 620 g/mol. The number of rotatable bonds is 11. The van der Waals surface area contributed by atoms with Crippen molar-refractivity contribution < 1.29 is 32.1 Å². The van der Waals surface area contributed by atoms with E-state index in [1.165, 1.54) is 19.6 Å². The Morgan fingerprint density at radius 2 is 1.87 bits per heavy atom. The second kappa shape index (κ2) is 13.4. The summed E-state index contributed by atoms with van der Waals surface area (Å²) >= 11 is 0. The molecule has 0 bridgehead atoms. The third-order valence-corrected chi connectivity index (χ3v) is 8.17. The van der Waals surface area contributed by atoms with E-state index >= 15 is 4.39 Å². The third-order valence-electron chi connectivity index (χ3n) is 8.17. The predicted octanol–water partition coefficient (Wildman–Crippen LogP) is 4.60. The van der Waals surface area contributed by atoms with Gasteiger partial charge in [0.1, 0.15) is 24.0 Å². The van der Waals surface area contributed by atoms with Gasteiger partial charge in [0.2, 0.25) is 0 Å². The number of piperidine rings is 1. The van der Waals surface area contributed by atoms with Crippen LogP contribution < -0.4 is 25.4 Å². The minimum Gasteiger partial charge on any atom is -0.494 e. The first-order valence-electron chi connectivity index (χ1n) is 14.8. The SMILES string of the molecule is COc1cc(F)c(-c2cc(Cn3cnc4c(NCOc5ccccc5)ncnc43)c(N3CCC[C@](N)([C@H](O)C(F)F)C3)cn2)cc1F. The first-order valence-corrected chi connectivity index (χ1v) is 14.8. The van der Waals surface area contributed by atoms with Crippen LogP contribution in [-0.4, -0.2) is 74.6 Å². The maximum atomic E-state index is 15.1. The molecule has 1 saturated heterocycles. The van der Waals surface area contributed by atoms with Crippen molar-refractivity contribution in [3.8, 4) is 22.8 Å². The number of imidazole rings is 1. The summed E-state index contributed by atoms with van der Waals surface area (Å²) in [6.07, 6.45) is -0.0353. The molecule has 0 saturated carbocycles. The van der Waals surface area contributed by atoms with Crippen molar-refractivity contribution in [1.29, 1.82) is 0 Å². The Labute approximate surface area is 267 Å². The minimum absolute atomic E-state index is 0.0829. The number of ether oxygens (including phenoxy) is 2. The van der Waals surface area contributed by atoms with Crippen LogP contribution in [-0.2, 0) is 6.54 Å². The molecule has 246 valence electrons. The fourth-order valence-electron chi connectivity index (χ4n) is 5.75. The molecule has 2 atom stereocenters. The highest BCUT2D eigenvalue weighted by molar-refractivity contribution is 5.82. The molecule has 0 unspecified atom stereocenters. The monoisotopic (exact) mass is 652 g/mol. The van der Waals surface area contributed by atoms with Gasteiger partial charge < -0.3 is 35.1 Å². The van der Waals surface area contributed by atoms with Crippen LogP contribution in [0.5, 0.6) is 11.5 Å². The van der Waals surface area contributed by atoms with Gasteiger partial charge in [0.25, 0.3) is 6.43 Å². The molecule has 47 heavy (non-hydrogen) atoms. The summed E-state index contributed by atoms with van der Waals surface area (Å²) in [5, 5.41) is 13.4. The van der Waals surface area contributed by atoms with E-state index in [-0.39, 0.29) is 43.2 Å². The molecule has 5 aromatic rings. The Morgan fingerprint density at radius 3 is 2.64 bits per heavy atom. The number of nitrogens with two attached hydrogens (primary N) is 1. The van der Waals surface area contributed by atoms with Gasteiger partial charge in [-0.1, -0.05) is 18.2 Å². The van der Waals surface area contributed by atoms with Crippen molar-refractivity contribution in [2.45, 2.75) is 37.5 Å². The number of nitrogens with one attached hydrogen (secondary N) is 1. The van der Waals surface area contributed by atoms with Crippen LogP contribution in [0.3, 0.4) is 0 Å². The molecule has 2 aromatic carbocycles. The van der Waals surface area contributed by atoms with E-state index in [2.05, 4.69) is 25.3 Å². The lowest BCUT2D eigenvalue weighted by Crippen LogP contribution is -2.63. The van der Waals surface area contributed by atoms with Gasteiger partial charge in [0.15, 0.2) is 35.3 Å². The second-order valence-electron chi connectivity index (χ2n) is 11.2. The summed E-state index contributed by atoms with van der Waals surface area (Å²) in [6, 6.07) is 12.8. The van der Waals surface area contributed by atoms with Crippen LogP contribution in [0, 0.1) is 11.6 Å². The average molecular weight is 653 g/mol. The number of hydrogen-bond donors (Lipinski definition) is 3. The smallest absolute Gasteiger partial charge is 0.265 e. The summed E-state index contributed by atoms with van der Waals surface area (Å²) in [7, 11) is 1.24. The van der Waals surface area contributed by atoms with Crippen molar-refractivity contribution >= 4 is 22.7 Å². The Morgan fingerprint density at radius 1 is 1.06 bits per heavy atom. The van der Waals surface area contributed by atoms with Crippen LogP contribution in [0.25, 0.3) is 22.4 Å². The number of aliphatic hydroxyl groups excluding tert-OH is 1. The van der Waals surface area contributed by atoms with Crippen LogP contribution in [0.2, 0.25) is 0 Å². The molecule has 6 rings (SSSR count). The van der Waals surface area contributed by atoms with Gasteiger partial charge in [-0.15, -0.1) is 0 Å². The number of methoxy groups -OCH3 is 1. The van der Waals surface area contributed by atoms with Crippen LogP contribution in [0.15, 0.2) is 67.4 Å². The topological polar surface area (TPSA) is 136 Å². The molecule has 0 aliphatic carbocycles. The van der Waals surface area contributed by atoms with E-state index in [1.807, 2.05) is 30.3 Å². The number of halogens is 4. The third kappa shape index (κ3) is 6.62. The van der Waals surface area contributed by atoms with Gasteiger partial charge in [-0.2, -0.15) is 0 Å². The molecule has 1 aliphatic rings. The van der Waals surface area contributed by atoms with Crippen LogP contribution in [0.1, 0.15) is 18.4 Å². The highest BCUT2D eigenvalue weighted by Gasteiger charge is 2.43. The number of para-hydroxylation sites is 1. The normalized spacial score (nSPS) is 17.2. The van der Waals surface area contributed by atoms with E-state index in [1.54, 1.807) is 21.9 Å². The number of aliphatic hydroxyl groups is 1. The molecule has 11 nitrogen and oxygen atoms in total. The Balaban J connectivity index is 1.35. The lowest BCUT2D eigenvalue weighted by atomic mass is 9.84. The quantitative estimate of drug-likeness (QED) is 0.137. The first-order chi connectivity index (χ1) is 22.7. The first kappa shape index (κ1) is 31.9. The van der Waals surface area contributed by atoms with Crippen molar-refractivity contribution in [1.82, 2.24) is 24.5 Å². The number of anilines is 2. The van der Waals surface area contributed by atoms with Gasteiger partial charge in [-0.05, 0) is 42.7 Å². The molecule has 4 heterocycles. The van der Waals surface area contributed by atoms with Gasteiger partial charge in [0.05, 0.1) is 43.1 Å². The maximum absolute atomic E-state index is 15.1. The van der Waals surface area contributed by atoms with Crippen LogP contribution in [0.4, 0.5) is 29.1 Å². The highest BCUT2D eigenvalue weighted by atomic mass is 19.3. The van der Waals surface area contributed by atoms with Gasteiger partial charge in [0, 0.05) is 24.7 Å². The van der Waals surface area contributed by atoms with Gasteiger partial charge in [-0.3, -0.25) is 4.98 Å². The van der Waals surface area contributed by atoms with Crippen molar-refractivity contribution in [2.24, 2.45) is 5.73 Å². The summed E-state index contributed by atoms with van der Waals surface area (Å²) in [5.41, 5.74) is 6.79. The molecule has 15 heteroatoms. The van der Waals surface area contributed by atoms with Gasteiger partial charge in [-0.25, -0.2) is 32.5 Å². The summed E-state index contributed by atoms with van der Waals surface area (Å²) in [5.74, 6) is -0.666. The zero-order valence-corrected chi connectivity index (χ0v) is 25.3. The molecule has 4 N–H and O–H groups in total. The minimum atomic E-state index is -3.02. The van der Waals surface area contributed by atoms with E-state index in [0.29, 0.717) is 46.9 Å². The van der Waals surface area contributed by atoms with Crippen molar-refractivity contribution in [2.75, 3.05) is 37.1 Å². The predicted molar refractivity (Wildman–Crippen MR) is 167 cm³/mol. The number of fused-ring (bicyclic) bond motifs is 1. The Hall–Kier alpha value is -5.02.